The second-order valence-corrected chi connectivity index (χ2v) is 13.7. The molecule has 0 saturated carbocycles. The van der Waals surface area contributed by atoms with Crippen molar-refractivity contribution in [1.29, 1.82) is 5.26 Å². The molecule has 0 saturated heterocycles. The lowest BCUT2D eigenvalue weighted by Gasteiger charge is -2.32. The number of carbonyl (C=O) groups is 2. The van der Waals surface area contributed by atoms with Gasteiger partial charge in [-0.3, -0.25) is 4.79 Å². The maximum atomic E-state index is 14.2. The number of sulfone groups is 1. The number of nitrogens with one attached hydrogen (secondary N) is 1. The molecule has 0 bridgehead atoms. The van der Waals surface area contributed by atoms with E-state index in [0.29, 0.717) is 43.7 Å². The van der Waals surface area contributed by atoms with Crippen LogP contribution in [0.3, 0.4) is 0 Å². The van der Waals surface area contributed by atoms with Crippen LogP contribution in [0, 0.1) is 23.0 Å². The van der Waals surface area contributed by atoms with Crippen molar-refractivity contribution in [3.8, 4) is 6.07 Å². The van der Waals surface area contributed by atoms with Crippen molar-refractivity contribution in [2.24, 2.45) is 5.73 Å². The number of nitrogens with two attached hydrogens (primary N) is 1. The Hall–Kier alpha value is -3.60. The molecule has 0 aliphatic rings. The zero-order chi connectivity index (χ0) is 34.3. The first-order chi connectivity index (χ1) is 21.8. The molecule has 10 nitrogen and oxygen atoms in total. The van der Waals surface area contributed by atoms with E-state index in [1.807, 2.05) is 45.0 Å². The average Bonchev–Trinajstić information content (AvgIpc) is 2.99. The second kappa shape index (κ2) is 19.2. The number of aliphatic hydroxyl groups excluding tert-OH is 1. The molecule has 0 aliphatic carbocycles. The topological polar surface area (TPSA) is 163 Å². The molecule has 0 fully saturated rings. The highest BCUT2D eigenvalue weighted by Gasteiger charge is 2.36. The van der Waals surface area contributed by atoms with Gasteiger partial charge in [0, 0.05) is 25.2 Å². The molecule has 2 rings (SSSR count). The van der Waals surface area contributed by atoms with Gasteiger partial charge >= 0.3 is 6.09 Å². The fourth-order valence-electron chi connectivity index (χ4n) is 5.18. The highest BCUT2D eigenvalue weighted by Crippen LogP contribution is 2.19. The van der Waals surface area contributed by atoms with Gasteiger partial charge in [0.05, 0.1) is 29.6 Å². The Morgan fingerprint density at radius 3 is 2.26 bits per heavy atom. The number of aliphatic hydroxyl groups is 1. The Morgan fingerprint density at radius 1 is 1.04 bits per heavy atom. The molecular weight excluding hydrogens is 618 g/mol. The van der Waals surface area contributed by atoms with E-state index in [0.717, 1.165) is 17.7 Å². The predicted molar refractivity (Wildman–Crippen MR) is 171 cm³/mol. The van der Waals surface area contributed by atoms with Crippen LogP contribution < -0.4 is 11.1 Å². The number of nitriles is 1. The zero-order valence-electron chi connectivity index (χ0n) is 26.8. The summed E-state index contributed by atoms with van der Waals surface area (Å²) in [4.78, 5) is 28.0. The smallest absolute Gasteiger partial charge is 0.407 e. The molecule has 0 unspecified atom stereocenters. The first-order valence-corrected chi connectivity index (χ1v) is 17.3. The van der Waals surface area contributed by atoms with Gasteiger partial charge in [-0.05, 0) is 54.5 Å². The van der Waals surface area contributed by atoms with Crippen molar-refractivity contribution in [2.75, 3.05) is 18.9 Å². The Bertz CT molecular complexity index is 1410. The number of hydrogen-bond donors (Lipinski definition) is 3. The number of amides is 2. The van der Waals surface area contributed by atoms with Crippen LogP contribution in [0.15, 0.2) is 42.5 Å². The van der Waals surface area contributed by atoms with Gasteiger partial charge in [0.2, 0.25) is 5.91 Å². The minimum Gasteiger partial charge on any atom is -0.448 e. The molecule has 0 spiro atoms. The number of nitrogens with zero attached hydrogens (tertiary/aromatic N) is 2. The molecule has 0 aromatic heterocycles. The summed E-state index contributed by atoms with van der Waals surface area (Å²) >= 11 is 0. The number of carbonyl (C=O) groups excluding carboxylic acids is 2. The van der Waals surface area contributed by atoms with E-state index in [1.54, 1.807) is 6.07 Å². The minimum atomic E-state index is -3.90. The van der Waals surface area contributed by atoms with E-state index < -0.39 is 62.7 Å². The first-order valence-electron chi connectivity index (χ1n) is 15.6. The molecule has 2 amide bonds. The van der Waals surface area contributed by atoms with Crippen molar-refractivity contribution in [2.45, 2.75) is 95.7 Å². The summed E-state index contributed by atoms with van der Waals surface area (Å²) in [6, 6.07) is 9.48. The Kier molecular flexibility index (Phi) is 16.1. The van der Waals surface area contributed by atoms with Crippen LogP contribution in [0.5, 0.6) is 0 Å². The van der Waals surface area contributed by atoms with E-state index in [2.05, 4.69) is 5.32 Å². The fourth-order valence-corrected chi connectivity index (χ4v) is 7.34. The lowest BCUT2D eigenvalue weighted by Crippen LogP contribution is -2.55. The number of hydrogen-bond acceptors (Lipinski definition) is 8. The SMILES string of the molecule is CCCC(CCC)S(=O)(=O)C[C@@H](NC(=O)OCCC#N)C(=O)N(Cc1cccc(CC)c1)C[C@@H](O)[C@@H](N)Cc1cc(F)cc(F)c1. The maximum absolute atomic E-state index is 14.2. The van der Waals surface area contributed by atoms with Crippen LogP contribution in [0.25, 0.3) is 0 Å². The van der Waals surface area contributed by atoms with Crippen LogP contribution in [0.2, 0.25) is 0 Å². The van der Waals surface area contributed by atoms with E-state index in [4.69, 9.17) is 15.7 Å². The third kappa shape index (κ3) is 12.7. The molecule has 2 aromatic rings. The van der Waals surface area contributed by atoms with Crippen molar-refractivity contribution >= 4 is 21.8 Å². The van der Waals surface area contributed by atoms with Crippen LogP contribution in [-0.2, 0) is 38.8 Å². The second-order valence-electron chi connectivity index (χ2n) is 11.4. The van der Waals surface area contributed by atoms with E-state index >= 15 is 0 Å². The molecule has 13 heteroatoms. The summed E-state index contributed by atoms with van der Waals surface area (Å²) in [6.07, 6.45) is 0.0149. The van der Waals surface area contributed by atoms with E-state index in [1.165, 1.54) is 4.90 Å². The summed E-state index contributed by atoms with van der Waals surface area (Å²) in [6.45, 7) is 5.00. The maximum Gasteiger partial charge on any atom is 0.407 e. The van der Waals surface area contributed by atoms with Gasteiger partial charge in [-0.25, -0.2) is 22.0 Å². The highest BCUT2D eigenvalue weighted by molar-refractivity contribution is 7.92. The molecule has 2 aromatic carbocycles. The molecule has 0 radical (unpaired) electrons. The number of rotatable bonds is 19. The van der Waals surface area contributed by atoms with Crippen molar-refractivity contribution < 1.29 is 36.6 Å². The molecule has 0 aliphatic heterocycles. The normalized spacial score (nSPS) is 13.5. The minimum absolute atomic E-state index is 0.0555. The third-order valence-corrected chi connectivity index (χ3v) is 9.83. The van der Waals surface area contributed by atoms with Gasteiger partial charge < -0.3 is 25.8 Å². The van der Waals surface area contributed by atoms with Crippen LogP contribution >= 0.6 is 0 Å². The quantitative estimate of drug-likeness (QED) is 0.189. The summed E-state index contributed by atoms with van der Waals surface area (Å²) in [7, 11) is -3.90. The Balaban J connectivity index is 2.45. The summed E-state index contributed by atoms with van der Waals surface area (Å²) in [5.41, 5.74) is 8.11. The van der Waals surface area contributed by atoms with Crippen molar-refractivity contribution in [3.05, 3.63) is 70.8 Å². The molecular formula is C33H46F2N4O6S. The third-order valence-electron chi connectivity index (χ3n) is 7.55. The van der Waals surface area contributed by atoms with Crippen LogP contribution in [0.1, 0.15) is 69.6 Å². The lowest BCUT2D eigenvalue weighted by molar-refractivity contribution is -0.135. The van der Waals surface area contributed by atoms with Crippen LogP contribution in [-0.4, -0.2) is 72.8 Å². The summed E-state index contributed by atoms with van der Waals surface area (Å²) in [5, 5.41) is 21.6. The molecule has 4 N–H and O–H groups in total. The molecule has 254 valence electrons. The largest absolute Gasteiger partial charge is 0.448 e. The number of aryl methyl sites for hydroxylation is 1. The average molecular weight is 665 g/mol. The first kappa shape index (κ1) is 38.6. The molecule has 3 atom stereocenters. The predicted octanol–water partition coefficient (Wildman–Crippen LogP) is 4.18. The van der Waals surface area contributed by atoms with E-state index in [9.17, 15) is 31.9 Å². The summed E-state index contributed by atoms with van der Waals surface area (Å²) < 4.78 is 59.7. The standard InChI is InChI=1S/C33H46F2N4O6S/c1-4-9-28(10-5-2)46(43,44)22-30(38-33(42)45-14-8-13-36)32(41)39(20-24-12-7-11-23(6-3)15-24)21-31(40)29(37)18-25-16-26(34)19-27(35)17-25/h7,11-12,15-17,19,28-31,40H,4-6,8-10,14,18,20-22,37H2,1-3H3,(H,38,42)/t29-,30+,31+/m0/s1. The van der Waals surface area contributed by atoms with Gasteiger partial charge in [0.1, 0.15) is 24.3 Å². The van der Waals surface area contributed by atoms with Crippen LogP contribution in [0.4, 0.5) is 13.6 Å². The van der Waals surface area contributed by atoms with Gasteiger partial charge in [0.15, 0.2) is 9.84 Å². The molecule has 0 heterocycles. The fraction of sp³-hybridized carbons (Fsp3) is 0.545. The lowest BCUT2D eigenvalue weighted by atomic mass is 10.0. The van der Waals surface area contributed by atoms with E-state index in [-0.39, 0.29) is 38.1 Å². The van der Waals surface area contributed by atoms with Gasteiger partial charge in [-0.1, -0.05) is 57.9 Å². The number of halogens is 2. The highest BCUT2D eigenvalue weighted by atomic mass is 32.2. The zero-order valence-corrected chi connectivity index (χ0v) is 27.6. The number of benzene rings is 2. The molecule has 46 heavy (non-hydrogen) atoms. The monoisotopic (exact) mass is 664 g/mol. The van der Waals surface area contributed by atoms with Gasteiger partial charge in [-0.2, -0.15) is 5.26 Å². The van der Waals surface area contributed by atoms with Gasteiger partial charge in [0.25, 0.3) is 0 Å². The Morgan fingerprint density at radius 2 is 1.67 bits per heavy atom. The number of alkyl carbamates (subject to hydrolysis) is 1. The van der Waals surface area contributed by atoms with Crippen molar-refractivity contribution in [1.82, 2.24) is 10.2 Å². The summed E-state index contributed by atoms with van der Waals surface area (Å²) in [5.74, 6) is -3.10. The van der Waals surface area contributed by atoms with Gasteiger partial charge in [-0.15, -0.1) is 0 Å². The Labute approximate surface area is 270 Å². The van der Waals surface area contributed by atoms with Crippen molar-refractivity contribution in [3.63, 3.8) is 0 Å². The number of ether oxygens (including phenoxy) is 1.